The molecular weight excluding hydrogens is 349 g/mol. The van der Waals surface area contributed by atoms with Crippen LogP contribution in [0.15, 0.2) is 58.4 Å². The number of nitrogens with zero attached hydrogens (tertiary/aromatic N) is 2. The Hall–Kier alpha value is -3.49. The Morgan fingerprint density at radius 1 is 1.08 bits per heavy atom. The molecule has 0 saturated heterocycles. The summed E-state index contributed by atoms with van der Waals surface area (Å²) in [6, 6.07) is 11.1. The molecule has 1 aromatic heterocycles. The number of amides is 1. The number of carbonyl (C=O) groups is 1. The third kappa shape index (κ3) is 3.46. The van der Waals surface area contributed by atoms with E-state index in [2.05, 4.69) is 20.7 Å². The van der Waals surface area contributed by atoms with Crippen LogP contribution in [0, 0.1) is 0 Å². The van der Waals surface area contributed by atoms with Gasteiger partial charge in [-0.1, -0.05) is 36.4 Å². The number of nitrogens with one attached hydrogen (secondary N) is 2. The molecule has 132 valence electrons. The average Bonchev–Trinajstić information content (AvgIpc) is 2.62. The van der Waals surface area contributed by atoms with Gasteiger partial charge in [0, 0.05) is 10.9 Å². The first-order chi connectivity index (χ1) is 12.4. The summed E-state index contributed by atoms with van der Waals surface area (Å²) in [7, 11) is 0. The summed E-state index contributed by atoms with van der Waals surface area (Å²) in [6.07, 6.45) is -3.64. The molecule has 9 heteroatoms. The fourth-order valence-corrected chi connectivity index (χ4v) is 2.37. The Morgan fingerprint density at radius 3 is 2.46 bits per heavy atom. The Labute approximate surface area is 144 Å². The number of aromatic amines is 1. The lowest BCUT2D eigenvalue weighted by Crippen LogP contribution is -2.22. The van der Waals surface area contributed by atoms with Crippen LogP contribution in [0.2, 0.25) is 0 Å². The maximum atomic E-state index is 12.9. The van der Waals surface area contributed by atoms with E-state index in [1.165, 1.54) is 30.3 Å². The molecule has 0 spiro atoms. The van der Waals surface area contributed by atoms with Gasteiger partial charge in [0.2, 0.25) is 0 Å². The highest BCUT2D eigenvalue weighted by molar-refractivity contribution is 6.04. The molecule has 0 aliphatic heterocycles. The summed E-state index contributed by atoms with van der Waals surface area (Å²) in [5.74, 6) is -0.766. The van der Waals surface area contributed by atoms with Gasteiger partial charge in [0.05, 0.1) is 17.2 Å². The van der Waals surface area contributed by atoms with E-state index in [0.717, 1.165) is 12.3 Å². The largest absolute Gasteiger partial charge is 0.417 e. The molecule has 2 aromatic carbocycles. The molecule has 3 rings (SSSR count). The van der Waals surface area contributed by atoms with Gasteiger partial charge in [-0.3, -0.25) is 9.59 Å². The van der Waals surface area contributed by atoms with E-state index in [1.807, 2.05) is 0 Å². The minimum atomic E-state index is -4.54. The van der Waals surface area contributed by atoms with Crippen LogP contribution in [0.4, 0.5) is 13.2 Å². The second kappa shape index (κ2) is 6.79. The quantitative estimate of drug-likeness (QED) is 0.556. The first-order valence-electron chi connectivity index (χ1n) is 7.35. The molecular formula is C17H11F3N4O2. The summed E-state index contributed by atoms with van der Waals surface area (Å²) in [4.78, 5) is 23.9. The lowest BCUT2D eigenvalue weighted by molar-refractivity contribution is -0.137. The second-order valence-corrected chi connectivity index (χ2v) is 5.23. The number of hydrogen-bond donors (Lipinski definition) is 2. The molecule has 0 aliphatic carbocycles. The van der Waals surface area contributed by atoms with E-state index < -0.39 is 23.2 Å². The van der Waals surface area contributed by atoms with Gasteiger partial charge < -0.3 is 0 Å². The standard InChI is InChI=1S/C17H11F3N4O2/c18-17(19,20)13-8-4-1-5-10(13)9-21-23-16(26)14-11-6-2-3-7-12(11)15(25)24-22-14/h1-9H,(H,23,26)(H,24,25)/b21-9-. The molecule has 0 fully saturated rings. The van der Waals surface area contributed by atoms with Gasteiger partial charge in [-0.2, -0.15) is 23.4 Å². The van der Waals surface area contributed by atoms with Crippen molar-refractivity contribution < 1.29 is 18.0 Å². The highest BCUT2D eigenvalue weighted by Crippen LogP contribution is 2.31. The van der Waals surface area contributed by atoms with Crippen LogP contribution in [0.3, 0.4) is 0 Å². The fourth-order valence-electron chi connectivity index (χ4n) is 2.37. The Morgan fingerprint density at radius 2 is 1.73 bits per heavy atom. The van der Waals surface area contributed by atoms with Crippen LogP contribution in [0.1, 0.15) is 21.6 Å². The third-order valence-electron chi connectivity index (χ3n) is 3.55. The molecule has 26 heavy (non-hydrogen) atoms. The van der Waals surface area contributed by atoms with Crippen LogP contribution in [-0.4, -0.2) is 22.3 Å². The normalized spacial score (nSPS) is 11.8. The molecule has 2 N–H and O–H groups in total. The summed E-state index contributed by atoms with van der Waals surface area (Å²) in [5, 5.41) is 10.0. The van der Waals surface area contributed by atoms with Crippen molar-refractivity contribution in [2.45, 2.75) is 6.18 Å². The zero-order valence-electron chi connectivity index (χ0n) is 13.0. The Balaban J connectivity index is 1.86. The number of alkyl halides is 3. The summed E-state index contributed by atoms with van der Waals surface area (Å²) >= 11 is 0. The number of benzene rings is 2. The van der Waals surface area contributed by atoms with Crippen molar-refractivity contribution in [1.29, 1.82) is 0 Å². The van der Waals surface area contributed by atoms with Crippen molar-refractivity contribution in [2.75, 3.05) is 0 Å². The summed E-state index contributed by atoms with van der Waals surface area (Å²) in [6.45, 7) is 0. The highest BCUT2D eigenvalue weighted by atomic mass is 19.4. The van der Waals surface area contributed by atoms with Crippen LogP contribution in [0.5, 0.6) is 0 Å². The average molecular weight is 360 g/mol. The van der Waals surface area contributed by atoms with Crippen LogP contribution >= 0.6 is 0 Å². The van der Waals surface area contributed by atoms with E-state index >= 15 is 0 Å². The van der Waals surface area contributed by atoms with Gasteiger partial charge in [-0.05, 0) is 12.1 Å². The molecule has 1 heterocycles. The van der Waals surface area contributed by atoms with Gasteiger partial charge >= 0.3 is 6.18 Å². The lowest BCUT2D eigenvalue weighted by atomic mass is 10.1. The SMILES string of the molecule is O=C(N/N=C\c1ccccc1C(F)(F)F)c1n[nH]c(=O)c2ccccc12. The predicted molar refractivity (Wildman–Crippen MR) is 88.9 cm³/mol. The molecule has 0 atom stereocenters. The summed E-state index contributed by atoms with van der Waals surface area (Å²) < 4.78 is 38.8. The number of hydrazone groups is 1. The number of hydrogen-bond acceptors (Lipinski definition) is 4. The monoisotopic (exact) mass is 360 g/mol. The number of carbonyl (C=O) groups excluding carboxylic acids is 1. The lowest BCUT2D eigenvalue weighted by Gasteiger charge is -2.09. The van der Waals surface area contributed by atoms with Gasteiger partial charge in [-0.25, -0.2) is 10.5 Å². The third-order valence-corrected chi connectivity index (χ3v) is 3.55. The molecule has 0 radical (unpaired) electrons. The smallest absolute Gasteiger partial charge is 0.267 e. The molecule has 0 bridgehead atoms. The van der Waals surface area contributed by atoms with E-state index in [-0.39, 0.29) is 16.6 Å². The molecule has 0 saturated carbocycles. The molecule has 6 nitrogen and oxygen atoms in total. The minimum Gasteiger partial charge on any atom is -0.267 e. The van der Waals surface area contributed by atoms with Crippen molar-refractivity contribution in [2.24, 2.45) is 5.10 Å². The molecule has 0 unspecified atom stereocenters. The molecule has 0 aliphatic rings. The van der Waals surface area contributed by atoms with Crippen molar-refractivity contribution in [3.63, 3.8) is 0 Å². The van der Waals surface area contributed by atoms with E-state index in [4.69, 9.17) is 0 Å². The van der Waals surface area contributed by atoms with Crippen LogP contribution in [-0.2, 0) is 6.18 Å². The van der Waals surface area contributed by atoms with E-state index in [9.17, 15) is 22.8 Å². The Bertz CT molecular complexity index is 1060. The van der Waals surface area contributed by atoms with Crippen molar-refractivity contribution in [3.05, 3.63) is 75.7 Å². The first kappa shape index (κ1) is 17.3. The number of rotatable bonds is 3. The number of H-pyrrole nitrogens is 1. The van der Waals surface area contributed by atoms with Gasteiger partial charge in [-0.15, -0.1) is 0 Å². The van der Waals surface area contributed by atoms with Crippen LogP contribution in [0.25, 0.3) is 10.8 Å². The van der Waals surface area contributed by atoms with E-state index in [1.54, 1.807) is 12.1 Å². The second-order valence-electron chi connectivity index (χ2n) is 5.23. The number of halogens is 3. The minimum absolute atomic E-state index is 0.0959. The molecule has 1 amide bonds. The highest BCUT2D eigenvalue weighted by Gasteiger charge is 2.32. The zero-order chi connectivity index (χ0) is 18.7. The van der Waals surface area contributed by atoms with Crippen molar-refractivity contribution in [1.82, 2.24) is 15.6 Å². The summed E-state index contributed by atoms with van der Waals surface area (Å²) in [5.41, 5.74) is 0.497. The van der Waals surface area contributed by atoms with Crippen molar-refractivity contribution in [3.8, 4) is 0 Å². The maximum Gasteiger partial charge on any atom is 0.417 e. The first-order valence-corrected chi connectivity index (χ1v) is 7.35. The van der Waals surface area contributed by atoms with Gasteiger partial charge in [0.25, 0.3) is 11.5 Å². The number of aromatic nitrogens is 2. The van der Waals surface area contributed by atoms with Gasteiger partial charge in [0.1, 0.15) is 0 Å². The number of fused-ring (bicyclic) bond motifs is 1. The van der Waals surface area contributed by atoms with E-state index in [0.29, 0.717) is 5.39 Å². The molecule has 3 aromatic rings. The Kier molecular flexibility index (Phi) is 4.53. The van der Waals surface area contributed by atoms with Crippen LogP contribution < -0.4 is 11.0 Å². The predicted octanol–water partition coefficient (Wildman–Crippen LogP) is 2.71. The maximum absolute atomic E-state index is 12.9. The van der Waals surface area contributed by atoms with Gasteiger partial charge in [0.15, 0.2) is 5.69 Å². The zero-order valence-corrected chi connectivity index (χ0v) is 13.0. The van der Waals surface area contributed by atoms with Crippen molar-refractivity contribution >= 4 is 22.9 Å². The fraction of sp³-hybridized carbons (Fsp3) is 0.0588. The topological polar surface area (TPSA) is 87.2 Å².